The summed E-state index contributed by atoms with van der Waals surface area (Å²) in [7, 11) is 0. The number of pyridine rings is 2. The molecule has 0 saturated heterocycles. The molecule has 19 heavy (non-hydrogen) atoms. The molecule has 0 amide bonds. The van der Waals surface area contributed by atoms with E-state index in [0.29, 0.717) is 22.1 Å². The molecule has 0 radical (unpaired) electrons. The van der Waals surface area contributed by atoms with Crippen molar-refractivity contribution in [3.63, 3.8) is 0 Å². The second-order valence-electron chi connectivity index (χ2n) is 3.82. The molecule has 0 N–H and O–H groups in total. The quantitative estimate of drug-likeness (QED) is 0.758. The topological polar surface area (TPSA) is 25.8 Å². The highest BCUT2D eigenvalue weighted by Crippen LogP contribution is 2.31. The second kappa shape index (κ2) is 4.98. The Balaban J connectivity index is 2.43. The fraction of sp³-hybridized carbons (Fsp3) is 0.167. The van der Waals surface area contributed by atoms with Crippen LogP contribution in [-0.2, 0) is 6.18 Å². The molecule has 2 aromatic heterocycles. The number of hydrogen-bond acceptors (Lipinski definition) is 2. The van der Waals surface area contributed by atoms with Gasteiger partial charge in [-0.2, -0.15) is 13.2 Å². The standard InChI is InChI=1S/C12H7Cl2F3N2/c1-6-11(14)8(13)4-10(19-6)9-3-2-7(5-18-9)12(15,16)17/h2-5H,1H3. The van der Waals surface area contributed by atoms with Gasteiger partial charge in [0.25, 0.3) is 0 Å². The van der Waals surface area contributed by atoms with E-state index >= 15 is 0 Å². The summed E-state index contributed by atoms with van der Waals surface area (Å²) < 4.78 is 37.2. The highest BCUT2D eigenvalue weighted by molar-refractivity contribution is 6.42. The van der Waals surface area contributed by atoms with Crippen molar-refractivity contribution < 1.29 is 13.2 Å². The average molecular weight is 307 g/mol. The van der Waals surface area contributed by atoms with Crippen LogP contribution < -0.4 is 0 Å². The van der Waals surface area contributed by atoms with Crippen molar-refractivity contribution in [2.75, 3.05) is 0 Å². The lowest BCUT2D eigenvalue weighted by atomic mass is 10.2. The van der Waals surface area contributed by atoms with Gasteiger partial charge in [-0.25, -0.2) is 4.98 Å². The summed E-state index contributed by atoms with van der Waals surface area (Å²) in [5.41, 5.74) is 0.356. The molecule has 0 atom stereocenters. The van der Waals surface area contributed by atoms with Gasteiger partial charge < -0.3 is 0 Å². The van der Waals surface area contributed by atoms with Gasteiger partial charge in [-0.05, 0) is 25.1 Å². The fourth-order valence-electron chi connectivity index (χ4n) is 1.46. The van der Waals surface area contributed by atoms with Gasteiger partial charge in [0, 0.05) is 6.20 Å². The summed E-state index contributed by atoms with van der Waals surface area (Å²) in [5.74, 6) is 0. The van der Waals surface area contributed by atoms with Crippen LogP contribution in [0.15, 0.2) is 24.4 Å². The van der Waals surface area contributed by atoms with Crippen molar-refractivity contribution in [1.29, 1.82) is 0 Å². The zero-order chi connectivity index (χ0) is 14.2. The van der Waals surface area contributed by atoms with Gasteiger partial charge in [0.05, 0.1) is 32.7 Å². The molecule has 2 heterocycles. The van der Waals surface area contributed by atoms with E-state index in [2.05, 4.69) is 9.97 Å². The molecule has 0 spiro atoms. The third kappa shape index (κ3) is 2.98. The van der Waals surface area contributed by atoms with Gasteiger partial charge in [0.15, 0.2) is 0 Å². The smallest absolute Gasteiger partial charge is 0.254 e. The Bertz CT molecular complexity index is 586. The molecular weight excluding hydrogens is 300 g/mol. The molecule has 0 saturated carbocycles. The molecule has 100 valence electrons. The first-order chi connectivity index (χ1) is 8.79. The van der Waals surface area contributed by atoms with Crippen LogP contribution in [0.1, 0.15) is 11.3 Å². The Morgan fingerprint density at radius 1 is 1.11 bits per heavy atom. The predicted octanol–water partition coefficient (Wildman–Crippen LogP) is 4.78. The monoisotopic (exact) mass is 306 g/mol. The van der Waals surface area contributed by atoms with Crippen LogP contribution in [-0.4, -0.2) is 9.97 Å². The molecule has 0 aliphatic carbocycles. The maximum absolute atomic E-state index is 12.4. The molecular formula is C12H7Cl2F3N2. The summed E-state index contributed by atoms with van der Waals surface area (Å²) in [6, 6.07) is 3.66. The molecule has 2 aromatic rings. The van der Waals surface area contributed by atoms with Gasteiger partial charge >= 0.3 is 6.18 Å². The SMILES string of the molecule is Cc1nc(-c2ccc(C(F)(F)F)cn2)cc(Cl)c1Cl. The van der Waals surface area contributed by atoms with E-state index in [1.54, 1.807) is 6.92 Å². The Kier molecular flexibility index (Phi) is 3.69. The third-order valence-electron chi connectivity index (χ3n) is 2.43. The normalized spacial score (nSPS) is 11.7. The Hall–Kier alpha value is -1.33. The van der Waals surface area contributed by atoms with Crippen molar-refractivity contribution in [3.05, 3.63) is 45.7 Å². The number of halogens is 5. The molecule has 0 aliphatic heterocycles. The molecule has 0 unspecified atom stereocenters. The lowest BCUT2D eigenvalue weighted by Crippen LogP contribution is -2.05. The van der Waals surface area contributed by atoms with E-state index in [1.807, 2.05) is 0 Å². The minimum absolute atomic E-state index is 0.283. The van der Waals surface area contributed by atoms with Crippen LogP contribution in [0.5, 0.6) is 0 Å². The molecule has 0 aromatic carbocycles. The lowest BCUT2D eigenvalue weighted by molar-refractivity contribution is -0.137. The summed E-state index contributed by atoms with van der Waals surface area (Å²) in [6.45, 7) is 1.65. The molecule has 0 fully saturated rings. The lowest BCUT2D eigenvalue weighted by Gasteiger charge is -2.08. The number of nitrogens with zero attached hydrogens (tertiary/aromatic N) is 2. The number of alkyl halides is 3. The van der Waals surface area contributed by atoms with Gasteiger partial charge in [-0.3, -0.25) is 4.98 Å². The maximum atomic E-state index is 12.4. The van der Waals surface area contributed by atoms with E-state index in [-0.39, 0.29) is 5.02 Å². The zero-order valence-electron chi connectivity index (χ0n) is 9.59. The van der Waals surface area contributed by atoms with E-state index in [9.17, 15) is 13.2 Å². The maximum Gasteiger partial charge on any atom is 0.417 e. The average Bonchev–Trinajstić information content (AvgIpc) is 2.34. The Morgan fingerprint density at radius 3 is 2.26 bits per heavy atom. The Morgan fingerprint density at radius 2 is 1.79 bits per heavy atom. The zero-order valence-corrected chi connectivity index (χ0v) is 11.1. The first kappa shape index (κ1) is 14.1. The highest BCUT2D eigenvalue weighted by atomic mass is 35.5. The van der Waals surface area contributed by atoms with Crippen LogP contribution in [0.3, 0.4) is 0 Å². The second-order valence-corrected chi connectivity index (χ2v) is 4.60. The van der Waals surface area contributed by atoms with Crippen molar-refractivity contribution in [1.82, 2.24) is 9.97 Å². The minimum atomic E-state index is -4.41. The molecule has 2 nitrogen and oxygen atoms in total. The van der Waals surface area contributed by atoms with Crippen LogP contribution in [0.25, 0.3) is 11.4 Å². The highest BCUT2D eigenvalue weighted by Gasteiger charge is 2.30. The van der Waals surface area contributed by atoms with E-state index in [1.165, 1.54) is 12.1 Å². The Labute approximate surface area is 117 Å². The van der Waals surface area contributed by atoms with Gasteiger partial charge in [-0.1, -0.05) is 23.2 Å². The fourth-order valence-corrected chi connectivity index (χ4v) is 1.80. The van der Waals surface area contributed by atoms with Crippen LogP contribution in [0.2, 0.25) is 10.0 Å². The van der Waals surface area contributed by atoms with Crippen LogP contribution in [0.4, 0.5) is 13.2 Å². The van der Waals surface area contributed by atoms with Crippen molar-refractivity contribution in [2.45, 2.75) is 13.1 Å². The van der Waals surface area contributed by atoms with Crippen molar-refractivity contribution >= 4 is 23.2 Å². The minimum Gasteiger partial charge on any atom is -0.254 e. The summed E-state index contributed by atoms with van der Waals surface area (Å²) in [4.78, 5) is 7.88. The molecule has 0 bridgehead atoms. The molecule has 7 heteroatoms. The predicted molar refractivity (Wildman–Crippen MR) is 67.2 cm³/mol. The molecule has 0 aliphatic rings. The van der Waals surface area contributed by atoms with Crippen molar-refractivity contribution in [2.24, 2.45) is 0 Å². The number of rotatable bonds is 1. The van der Waals surface area contributed by atoms with E-state index in [0.717, 1.165) is 12.3 Å². The third-order valence-corrected chi connectivity index (χ3v) is 3.30. The van der Waals surface area contributed by atoms with Crippen LogP contribution >= 0.6 is 23.2 Å². The summed E-state index contributed by atoms with van der Waals surface area (Å²) in [5, 5.41) is 0.600. The first-order valence-electron chi connectivity index (χ1n) is 5.15. The molecule has 2 rings (SSSR count). The van der Waals surface area contributed by atoms with Gasteiger partial charge in [0.1, 0.15) is 0 Å². The van der Waals surface area contributed by atoms with Crippen molar-refractivity contribution in [3.8, 4) is 11.4 Å². The van der Waals surface area contributed by atoms with E-state index < -0.39 is 11.7 Å². The van der Waals surface area contributed by atoms with E-state index in [4.69, 9.17) is 23.2 Å². The van der Waals surface area contributed by atoms with Gasteiger partial charge in [0.2, 0.25) is 0 Å². The summed E-state index contributed by atoms with van der Waals surface area (Å²) >= 11 is 11.8. The largest absolute Gasteiger partial charge is 0.417 e. The number of aromatic nitrogens is 2. The number of hydrogen-bond donors (Lipinski definition) is 0. The number of aryl methyl sites for hydroxylation is 1. The summed E-state index contributed by atoms with van der Waals surface area (Å²) in [6.07, 6.45) is -3.65. The van der Waals surface area contributed by atoms with Crippen LogP contribution in [0, 0.1) is 6.92 Å². The first-order valence-corrected chi connectivity index (χ1v) is 5.91. The van der Waals surface area contributed by atoms with Gasteiger partial charge in [-0.15, -0.1) is 0 Å².